The Hall–Kier alpha value is -1.65. The number of hydrogen-bond donors (Lipinski definition) is 1. The summed E-state index contributed by atoms with van der Waals surface area (Å²) in [4.78, 5) is 11.2. The van der Waals surface area contributed by atoms with E-state index in [9.17, 15) is 0 Å². The average Bonchev–Trinajstić information content (AvgIpc) is 2.48. The highest BCUT2D eigenvalue weighted by atomic mass is 35.5. The molecule has 0 atom stereocenters. The zero-order valence-electron chi connectivity index (χ0n) is 10.5. The summed E-state index contributed by atoms with van der Waals surface area (Å²) in [6.07, 6.45) is 1.81. The van der Waals surface area contributed by atoms with Gasteiger partial charge in [0.2, 0.25) is 0 Å². The zero-order chi connectivity index (χ0) is 13.1. The van der Waals surface area contributed by atoms with Crippen LogP contribution < -0.4 is 10.2 Å². The van der Waals surface area contributed by atoms with E-state index in [-0.39, 0.29) is 0 Å². The van der Waals surface area contributed by atoms with E-state index >= 15 is 0 Å². The Bertz CT molecular complexity index is 567. The summed E-state index contributed by atoms with van der Waals surface area (Å²) >= 11 is 6.01. The summed E-state index contributed by atoms with van der Waals surface area (Å²) in [7, 11) is 0. The molecule has 2 heterocycles. The lowest BCUT2D eigenvalue weighted by Crippen LogP contribution is -2.43. The Kier molecular flexibility index (Phi) is 3.62. The molecule has 1 saturated heterocycles. The number of halogens is 1. The van der Waals surface area contributed by atoms with Crippen molar-refractivity contribution in [3.8, 4) is 11.4 Å². The van der Waals surface area contributed by atoms with Crippen LogP contribution in [0.5, 0.6) is 0 Å². The van der Waals surface area contributed by atoms with Gasteiger partial charge in [-0.3, -0.25) is 0 Å². The topological polar surface area (TPSA) is 41.1 Å². The molecule has 1 aromatic heterocycles. The van der Waals surface area contributed by atoms with E-state index in [1.54, 1.807) is 6.20 Å². The van der Waals surface area contributed by atoms with Gasteiger partial charge in [-0.25, -0.2) is 9.97 Å². The van der Waals surface area contributed by atoms with E-state index in [1.165, 1.54) is 0 Å². The van der Waals surface area contributed by atoms with Crippen LogP contribution in [0, 0.1) is 0 Å². The van der Waals surface area contributed by atoms with Gasteiger partial charge in [0.1, 0.15) is 5.82 Å². The van der Waals surface area contributed by atoms with E-state index in [0.717, 1.165) is 43.4 Å². The predicted octanol–water partition coefficient (Wildman–Crippen LogP) is 2.21. The Labute approximate surface area is 117 Å². The lowest BCUT2D eigenvalue weighted by molar-refractivity contribution is 0.585. The van der Waals surface area contributed by atoms with Crippen molar-refractivity contribution in [1.82, 2.24) is 15.3 Å². The summed E-state index contributed by atoms with van der Waals surface area (Å²) < 4.78 is 0. The van der Waals surface area contributed by atoms with Gasteiger partial charge in [0.25, 0.3) is 0 Å². The highest BCUT2D eigenvalue weighted by Crippen LogP contribution is 2.21. The standard InChI is InChI=1S/C14H15ClN4/c15-12-3-1-2-11(10-12)14-17-5-4-13(18-14)19-8-6-16-7-9-19/h1-5,10,16H,6-9H2. The third-order valence-corrected chi connectivity index (χ3v) is 3.40. The van der Waals surface area contributed by atoms with Crippen molar-refractivity contribution in [3.63, 3.8) is 0 Å². The summed E-state index contributed by atoms with van der Waals surface area (Å²) in [5.74, 6) is 1.70. The second kappa shape index (κ2) is 5.55. The van der Waals surface area contributed by atoms with E-state index in [2.05, 4.69) is 20.2 Å². The van der Waals surface area contributed by atoms with Gasteiger partial charge in [-0.2, -0.15) is 0 Å². The molecule has 0 spiro atoms. The van der Waals surface area contributed by atoms with Crippen LogP contribution in [0.3, 0.4) is 0 Å². The molecule has 98 valence electrons. The first-order valence-corrected chi connectivity index (χ1v) is 6.75. The minimum absolute atomic E-state index is 0.702. The Morgan fingerprint density at radius 1 is 1.16 bits per heavy atom. The van der Waals surface area contributed by atoms with Crippen LogP contribution in [0.4, 0.5) is 5.82 Å². The molecule has 4 nitrogen and oxygen atoms in total. The Morgan fingerprint density at radius 2 is 2.00 bits per heavy atom. The van der Waals surface area contributed by atoms with Gasteiger partial charge in [-0.15, -0.1) is 0 Å². The number of hydrogen-bond acceptors (Lipinski definition) is 4. The predicted molar refractivity (Wildman–Crippen MR) is 77.6 cm³/mol. The summed E-state index contributed by atoms with van der Waals surface area (Å²) in [5, 5.41) is 4.04. The Balaban J connectivity index is 1.91. The molecule has 0 unspecified atom stereocenters. The molecule has 1 N–H and O–H groups in total. The molecular weight excluding hydrogens is 260 g/mol. The number of nitrogens with one attached hydrogen (secondary N) is 1. The molecule has 19 heavy (non-hydrogen) atoms. The smallest absolute Gasteiger partial charge is 0.161 e. The number of benzene rings is 1. The number of anilines is 1. The second-order valence-electron chi connectivity index (χ2n) is 4.49. The molecule has 1 aliphatic heterocycles. The molecule has 1 aliphatic rings. The summed E-state index contributed by atoms with van der Waals surface area (Å²) in [6, 6.07) is 9.59. The van der Waals surface area contributed by atoms with Crippen LogP contribution in [0.15, 0.2) is 36.5 Å². The minimum atomic E-state index is 0.702. The van der Waals surface area contributed by atoms with Crippen molar-refractivity contribution in [2.75, 3.05) is 31.1 Å². The van der Waals surface area contributed by atoms with Gasteiger partial charge in [0, 0.05) is 43.0 Å². The molecule has 0 bridgehead atoms. The van der Waals surface area contributed by atoms with Crippen molar-refractivity contribution in [3.05, 3.63) is 41.6 Å². The summed E-state index contributed by atoms with van der Waals surface area (Å²) in [5.41, 5.74) is 0.949. The van der Waals surface area contributed by atoms with Crippen molar-refractivity contribution in [2.45, 2.75) is 0 Å². The van der Waals surface area contributed by atoms with E-state index in [1.807, 2.05) is 30.3 Å². The average molecular weight is 275 g/mol. The summed E-state index contributed by atoms with van der Waals surface area (Å²) in [6.45, 7) is 3.95. The van der Waals surface area contributed by atoms with Crippen LogP contribution in [0.2, 0.25) is 5.02 Å². The molecule has 5 heteroatoms. The lowest BCUT2D eigenvalue weighted by atomic mass is 10.2. The van der Waals surface area contributed by atoms with Gasteiger partial charge in [0.15, 0.2) is 5.82 Å². The fourth-order valence-corrected chi connectivity index (χ4v) is 2.38. The van der Waals surface area contributed by atoms with E-state index < -0.39 is 0 Å². The maximum atomic E-state index is 6.01. The first-order chi connectivity index (χ1) is 9.33. The van der Waals surface area contributed by atoms with E-state index in [0.29, 0.717) is 5.02 Å². The van der Waals surface area contributed by atoms with Crippen LogP contribution in [0.25, 0.3) is 11.4 Å². The van der Waals surface area contributed by atoms with Crippen molar-refractivity contribution >= 4 is 17.4 Å². The highest BCUT2D eigenvalue weighted by molar-refractivity contribution is 6.30. The van der Waals surface area contributed by atoms with Crippen LogP contribution in [-0.2, 0) is 0 Å². The van der Waals surface area contributed by atoms with Gasteiger partial charge >= 0.3 is 0 Å². The van der Waals surface area contributed by atoms with E-state index in [4.69, 9.17) is 11.6 Å². The van der Waals surface area contributed by atoms with Gasteiger partial charge in [-0.05, 0) is 18.2 Å². The second-order valence-corrected chi connectivity index (χ2v) is 4.92. The van der Waals surface area contributed by atoms with Gasteiger partial charge in [-0.1, -0.05) is 23.7 Å². The maximum Gasteiger partial charge on any atom is 0.161 e. The van der Waals surface area contributed by atoms with Crippen molar-refractivity contribution < 1.29 is 0 Å². The molecular formula is C14H15ClN4. The third kappa shape index (κ3) is 2.85. The first-order valence-electron chi connectivity index (χ1n) is 6.37. The quantitative estimate of drug-likeness (QED) is 0.912. The molecule has 1 aromatic carbocycles. The maximum absolute atomic E-state index is 6.01. The molecule has 0 saturated carbocycles. The SMILES string of the molecule is Clc1cccc(-c2nccc(N3CCNCC3)n2)c1. The number of piperazine rings is 1. The van der Waals surface area contributed by atoms with Gasteiger partial charge in [0.05, 0.1) is 0 Å². The van der Waals surface area contributed by atoms with Crippen LogP contribution >= 0.6 is 11.6 Å². The fourth-order valence-electron chi connectivity index (χ4n) is 2.19. The van der Waals surface area contributed by atoms with Crippen LogP contribution in [0.1, 0.15) is 0 Å². The third-order valence-electron chi connectivity index (χ3n) is 3.16. The highest BCUT2D eigenvalue weighted by Gasteiger charge is 2.12. The molecule has 1 fully saturated rings. The normalized spacial score (nSPS) is 15.5. The van der Waals surface area contributed by atoms with Crippen molar-refractivity contribution in [1.29, 1.82) is 0 Å². The number of rotatable bonds is 2. The fraction of sp³-hybridized carbons (Fsp3) is 0.286. The van der Waals surface area contributed by atoms with Gasteiger partial charge < -0.3 is 10.2 Å². The van der Waals surface area contributed by atoms with Crippen LogP contribution in [-0.4, -0.2) is 36.1 Å². The lowest BCUT2D eigenvalue weighted by Gasteiger charge is -2.28. The number of aromatic nitrogens is 2. The molecule has 2 aromatic rings. The minimum Gasteiger partial charge on any atom is -0.354 e. The Morgan fingerprint density at radius 3 is 2.79 bits per heavy atom. The zero-order valence-corrected chi connectivity index (χ0v) is 11.3. The molecule has 0 aliphatic carbocycles. The molecule has 3 rings (SSSR count). The molecule has 0 radical (unpaired) electrons. The monoisotopic (exact) mass is 274 g/mol. The number of nitrogens with zero attached hydrogens (tertiary/aromatic N) is 3. The largest absolute Gasteiger partial charge is 0.354 e. The van der Waals surface area contributed by atoms with Crippen molar-refractivity contribution in [2.24, 2.45) is 0 Å². The molecule has 0 amide bonds. The first kappa shape index (κ1) is 12.4.